The first-order valence-electron chi connectivity index (χ1n) is 7.02. The summed E-state index contributed by atoms with van der Waals surface area (Å²) in [4.78, 5) is 4.88. The number of likely N-dealkylation sites (N-methyl/N-ethyl adjacent to an activating group) is 1. The molecule has 0 saturated carbocycles. The summed E-state index contributed by atoms with van der Waals surface area (Å²) in [5.74, 6) is 0. The summed E-state index contributed by atoms with van der Waals surface area (Å²) in [5.41, 5.74) is 6.08. The van der Waals surface area contributed by atoms with Crippen LogP contribution >= 0.6 is 0 Å². The molecule has 3 unspecified atom stereocenters. The van der Waals surface area contributed by atoms with Gasteiger partial charge in [-0.2, -0.15) is 0 Å². The first-order valence-corrected chi connectivity index (χ1v) is 7.02. The second kappa shape index (κ2) is 7.31. The molecule has 0 aromatic carbocycles. The molecule has 3 N–H and O–H groups in total. The normalized spacial score (nSPS) is 25.4. The third-order valence-corrected chi connectivity index (χ3v) is 4.15. The Bertz CT molecular complexity index is 209. The zero-order chi connectivity index (χ0) is 12.8. The number of rotatable bonds is 7. The molecule has 1 rings (SSSR count). The number of likely N-dealkylation sites (tertiary alicyclic amines) is 1. The van der Waals surface area contributed by atoms with Gasteiger partial charge in [0.25, 0.3) is 0 Å². The van der Waals surface area contributed by atoms with Crippen molar-refractivity contribution in [3.05, 3.63) is 0 Å². The predicted molar refractivity (Wildman–Crippen MR) is 72.0 cm³/mol. The van der Waals surface area contributed by atoms with E-state index >= 15 is 0 Å². The number of nitrogens with two attached hydrogens (primary N) is 1. The minimum Gasteiger partial charge on any atom is -0.395 e. The zero-order valence-electron chi connectivity index (χ0n) is 11.6. The lowest BCUT2D eigenvalue weighted by molar-refractivity contribution is 0.113. The summed E-state index contributed by atoms with van der Waals surface area (Å²) in [6, 6.07) is 0.874. The van der Waals surface area contributed by atoms with E-state index in [-0.39, 0.29) is 18.7 Å². The number of aliphatic hydroxyl groups is 1. The molecule has 0 aromatic rings. The van der Waals surface area contributed by atoms with Crippen LogP contribution in [0.5, 0.6) is 0 Å². The van der Waals surface area contributed by atoms with E-state index in [0.29, 0.717) is 6.04 Å². The smallest absolute Gasteiger partial charge is 0.0601 e. The van der Waals surface area contributed by atoms with E-state index in [1.807, 2.05) is 0 Å². The molecule has 1 aliphatic rings. The lowest BCUT2D eigenvalue weighted by atomic mass is 10.1. The van der Waals surface area contributed by atoms with Gasteiger partial charge in [-0.3, -0.25) is 9.80 Å². The molecular weight excluding hydrogens is 214 g/mol. The van der Waals surface area contributed by atoms with Crippen LogP contribution in [0.15, 0.2) is 0 Å². The summed E-state index contributed by atoms with van der Waals surface area (Å²) < 4.78 is 0. The van der Waals surface area contributed by atoms with Crippen LogP contribution in [0.1, 0.15) is 33.6 Å². The Morgan fingerprint density at radius 1 is 1.35 bits per heavy atom. The SMILES string of the molecule is CCC(N)C(CO)N1CCC(N(CC)CC)C1. The van der Waals surface area contributed by atoms with E-state index in [1.165, 1.54) is 6.42 Å². The Hall–Kier alpha value is -0.160. The van der Waals surface area contributed by atoms with Gasteiger partial charge in [0.2, 0.25) is 0 Å². The average Bonchev–Trinajstić information content (AvgIpc) is 2.81. The van der Waals surface area contributed by atoms with E-state index in [1.54, 1.807) is 0 Å². The van der Waals surface area contributed by atoms with E-state index in [9.17, 15) is 5.11 Å². The Morgan fingerprint density at radius 2 is 2.00 bits per heavy atom. The molecule has 0 aliphatic carbocycles. The minimum atomic E-state index is 0.0930. The maximum atomic E-state index is 9.49. The summed E-state index contributed by atoms with van der Waals surface area (Å²) >= 11 is 0. The predicted octanol–water partition coefficient (Wildman–Crippen LogP) is 0.501. The number of aliphatic hydroxyl groups excluding tert-OH is 1. The van der Waals surface area contributed by atoms with Crippen molar-refractivity contribution in [1.29, 1.82) is 0 Å². The maximum absolute atomic E-state index is 9.49. The van der Waals surface area contributed by atoms with Crippen molar-refractivity contribution in [2.75, 3.05) is 32.8 Å². The molecule has 1 heterocycles. The van der Waals surface area contributed by atoms with Crippen LogP contribution in [0.4, 0.5) is 0 Å². The summed E-state index contributed by atoms with van der Waals surface area (Å²) in [6.45, 7) is 11.0. The van der Waals surface area contributed by atoms with Crippen LogP contribution in [0.2, 0.25) is 0 Å². The van der Waals surface area contributed by atoms with Crippen LogP contribution in [-0.2, 0) is 0 Å². The Morgan fingerprint density at radius 3 is 2.47 bits per heavy atom. The molecule has 3 atom stereocenters. The van der Waals surface area contributed by atoms with Crippen molar-refractivity contribution >= 4 is 0 Å². The van der Waals surface area contributed by atoms with Gasteiger partial charge in [0, 0.05) is 31.2 Å². The molecule has 1 saturated heterocycles. The van der Waals surface area contributed by atoms with Gasteiger partial charge in [-0.05, 0) is 25.9 Å². The maximum Gasteiger partial charge on any atom is 0.0601 e. The highest BCUT2D eigenvalue weighted by molar-refractivity contribution is 4.90. The number of nitrogens with zero attached hydrogens (tertiary/aromatic N) is 2. The van der Waals surface area contributed by atoms with Crippen LogP contribution in [0, 0.1) is 0 Å². The topological polar surface area (TPSA) is 52.7 Å². The second-order valence-corrected chi connectivity index (χ2v) is 4.98. The van der Waals surface area contributed by atoms with Crippen molar-refractivity contribution in [3.63, 3.8) is 0 Å². The van der Waals surface area contributed by atoms with Gasteiger partial charge in [0.05, 0.1) is 6.61 Å². The van der Waals surface area contributed by atoms with Gasteiger partial charge in [0.1, 0.15) is 0 Å². The Labute approximate surface area is 106 Å². The zero-order valence-corrected chi connectivity index (χ0v) is 11.6. The van der Waals surface area contributed by atoms with Crippen molar-refractivity contribution in [2.24, 2.45) is 5.73 Å². The molecule has 4 heteroatoms. The molecule has 1 fully saturated rings. The fourth-order valence-electron chi connectivity index (χ4n) is 2.90. The molecule has 0 aromatic heterocycles. The van der Waals surface area contributed by atoms with Gasteiger partial charge < -0.3 is 10.8 Å². The van der Waals surface area contributed by atoms with E-state index in [2.05, 4.69) is 30.6 Å². The number of hydrogen-bond donors (Lipinski definition) is 2. The van der Waals surface area contributed by atoms with Crippen LogP contribution in [0.25, 0.3) is 0 Å². The highest BCUT2D eigenvalue weighted by Crippen LogP contribution is 2.19. The molecule has 102 valence electrons. The fraction of sp³-hybridized carbons (Fsp3) is 1.00. The highest BCUT2D eigenvalue weighted by Gasteiger charge is 2.32. The third kappa shape index (κ3) is 3.65. The van der Waals surface area contributed by atoms with Gasteiger partial charge in [0.15, 0.2) is 0 Å². The first kappa shape index (κ1) is 14.9. The average molecular weight is 243 g/mol. The van der Waals surface area contributed by atoms with Crippen molar-refractivity contribution < 1.29 is 5.11 Å². The standard InChI is InChI=1S/C13H29N3O/c1-4-12(14)13(10-17)16-8-7-11(9-16)15(5-2)6-3/h11-13,17H,4-10,14H2,1-3H3. The quantitative estimate of drug-likeness (QED) is 0.684. The molecule has 1 aliphatic heterocycles. The van der Waals surface area contributed by atoms with Crippen molar-refractivity contribution in [1.82, 2.24) is 9.80 Å². The lowest BCUT2D eigenvalue weighted by Crippen LogP contribution is -2.50. The van der Waals surface area contributed by atoms with Crippen LogP contribution in [0.3, 0.4) is 0 Å². The Kier molecular flexibility index (Phi) is 6.41. The van der Waals surface area contributed by atoms with Gasteiger partial charge in [-0.25, -0.2) is 0 Å². The van der Waals surface area contributed by atoms with Crippen LogP contribution < -0.4 is 5.73 Å². The molecule has 4 nitrogen and oxygen atoms in total. The van der Waals surface area contributed by atoms with Gasteiger partial charge in [-0.1, -0.05) is 20.8 Å². The summed E-state index contributed by atoms with van der Waals surface area (Å²) in [6.07, 6.45) is 2.13. The molecule has 0 spiro atoms. The lowest BCUT2D eigenvalue weighted by Gasteiger charge is -2.32. The molecular formula is C13H29N3O. The Balaban J connectivity index is 2.53. The molecule has 17 heavy (non-hydrogen) atoms. The molecule has 0 bridgehead atoms. The highest BCUT2D eigenvalue weighted by atomic mass is 16.3. The van der Waals surface area contributed by atoms with E-state index in [0.717, 1.165) is 32.6 Å². The molecule has 0 amide bonds. The fourth-order valence-corrected chi connectivity index (χ4v) is 2.90. The largest absolute Gasteiger partial charge is 0.395 e. The number of hydrogen-bond acceptors (Lipinski definition) is 4. The van der Waals surface area contributed by atoms with E-state index < -0.39 is 0 Å². The monoisotopic (exact) mass is 243 g/mol. The second-order valence-electron chi connectivity index (χ2n) is 4.98. The molecule has 0 radical (unpaired) electrons. The van der Waals surface area contributed by atoms with Crippen molar-refractivity contribution in [3.8, 4) is 0 Å². The summed E-state index contributed by atoms with van der Waals surface area (Å²) in [7, 11) is 0. The summed E-state index contributed by atoms with van der Waals surface area (Å²) in [5, 5.41) is 9.49. The third-order valence-electron chi connectivity index (χ3n) is 4.15. The first-order chi connectivity index (χ1) is 8.17. The van der Waals surface area contributed by atoms with Crippen LogP contribution in [-0.4, -0.2) is 65.8 Å². The van der Waals surface area contributed by atoms with Gasteiger partial charge >= 0.3 is 0 Å². The van der Waals surface area contributed by atoms with Crippen molar-refractivity contribution in [2.45, 2.75) is 51.7 Å². The minimum absolute atomic E-state index is 0.0930. The van der Waals surface area contributed by atoms with E-state index in [4.69, 9.17) is 5.73 Å². The van der Waals surface area contributed by atoms with Gasteiger partial charge in [-0.15, -0.1) is 0 Å².